The predicted octanol–water partition coefficient (Wildman–Crippen LogP) is 0.953. The zero-order valence-corrected chi connectivity index (χ0v) is 8.91. The van der Waals surface area contributed by atoms with Gasteiger partial charge in [0, 0.05) is 13.1 Å². The summed E-state index contributed by atoms with van der Waals surface area (Å²) in [6, 6.07) is 0. The molecule has 0 aliphatic carbocycles. The molecule has 76 valence electrons. The molecule has 0 radical (unpaired) electrons. The van der Waals surface area contributed by atoms with Crippen molar-refractivity contribution in [3.05, 3.63) is 5.28 Å². The van der Waals surface area contributed by atoms with Gasteiger partial charge in [-0.05, 0) is 17.0 Å². The molecule has 1 aromatic heterocycles. The van der Waals surface area contributed by atoms with Crippen molar-refractivity contribution in [1.29, 1.82) is 0 Å². The molecule has 0 aromatic carbocycles. The topological polar surface area (TPSA) is 67.9 Å². The molecule has 1 aromatic rings. The number of rotatable bonds is 1. The van der Waals surface area contributed by atoms with E-state index in [0.29, 0.717) is 11.4 Å². The lowest BCUT2D eigenvalue weighted by Crippen LogP contribution is -2.53. The second kappa shape index (κ2) is 2.95. The first-order chi connectivity index (χ1) is 6.46. The van der Waals surface area contributed by atoms with Gasteiger partial charge in [-0.3, -0.25) is 0 Å². The molecule has 0 bridgehead atoms. The number of hydrogen-bond donors (Lipinski definition) is 1. The van der Waals surface area contributed by atoms with Gasteiger partial charge in [-0.1, -0.05) is 13.8 Å². The summed E-state index contributed by atoms with van der Waals surface area (Å²) in [4.78, 5) is 13.8. The number of hydrogen-bond acceptors (Lipinski definition) is 5. The van der Waals surface area contributed by atoms with E-state index in [9.17, 15) is 0 Å². The SMILES string of the molecule is CC1(C)CN(c2nc(N)nc(Cl)n2)C1. The van der Waals surface area contributed by atoms with Crippen LogP contribution in [0.2, 0.25) is 5.28 Å². The van der Waals surface area contributed by atoms with Gasteiger partial charge in [-0.2, -0.15) is 15.0 Å². The van der Waals surface area contributed by atoms with Crippen LogP contribution in [0.4, 0.5) is 11.9 Å². The van der Waals surface area contributed by atoms with E-state index in [4.69, 9.17) is 17.3 Å². The Morgan fingerprint density at radius 2 is 1.93 bits per heavy atom. The number of anilines is 2. The summed E-state index contributed by atoms with van der Waals surface area (Å²) >= 11 is 5.68. The Bertz CT molecular complexity index is 336. The summed E-state index contributed by atoms with van der Waals surface area (Å²) in [6.45, 7) is 6.23. The third kappa shape index (κ3) is 1.72. The molecule has 5 nitrogen and oxygen atoms in total. The van der Waals surface area contributed by atoms with E-state index in [2.05, 4.69) is 28.8 Å². The first-order valence-electron chi connectivity index (χ1n) is 4.38. The molecule has 1 fully saturated rings. The number of nitrogens with zero attached hydrogens (tertiary/aromatic N) is 4. The highest BCUT2D eigenvalue weighted by Gasteiger charge is 2.35. The molecule has 2 N–H and O–H groups in total. The minimum Gasteiger partial charge on any atom is -0.368 e. The van der Waals surface area contributed by atoms with E-state index >= 15 is 0 Å². The van der Waals surface area contributed by atoms with Gasteiger partial charge in [0.2, 0.25) is 17.2 Å². The van der Waals surface area contributed by atoms with Gasteiger partial charge in [-0.25, -0.2) is 0 Å². The third-order valence-corrected chi connectivity index (χ3v) is 2.30. The van der Waals surface area contributed by atoms with Crippen molar-refractivity contribution in [2.45, 2.75) is 13.8 Å². The van der Waals surface area contributed by atoms with Gasteiger partial charge in [0.25, 0.3) is 0 Å². The summed E-state index contributed by atoms with van der Waals surface area (Å²) in [5, 5.41) is 0.150. The van der Waals surface area contributed by atoms with Crippen LogP contribution in [0.3, 0.4) is 0 Å². The normalized spacial score (nSPS) is 19.2. The largest absolute Gasteiger partial charge is 0.368 e. The highest BCUT2D eigenvalue weighted by molar-refractivity contribution is 6.28. The molecule has 1 saturated heterocycles. The molecular formula is C8H12ClN5. The zero-order valence-electron chi connectivity index (χ0n) is 8.16. The van der Waals surface area contributed by atoms with Crippen LogP contribution in [0.5, 0.6) is 0 Å². The maximum atomic E-state index is 5.68. The Hall–Kier alpha value is -1.10. The van der Waals surface area contributed by atoms with Crippen molar-refractivity contribution < 1.29 is 0 Å². The molecule has 1 aliphatic heterocycles. The molecule has 6 heteroatoms. The molecule has 0 atom stereocenters. The van der Waals surface area contributed by atoms with E-state index in [1.807, 2.05) is 4.90 Å². The van der Waals surface area contributed by atoms with E-state index in [0.717, 1.165) is 13.1 Å². The van der Waals surface area contributed by atoms with Crippen molar-refractivity contribution in [2.75, 3.05) is 23.7 Å². The van der Waals surface area contributed by atoms with E-state index in [-0.39, 0.29) is 11.2 Å². The van der Waals surface area contributed by atoms with Gasteiger partial charge in [0.15, 0.2) is 0 Å². The molecule has 0 unspecified atom stereocenters. The number of nitrogens with two attached hydrogens (primary N) is 1. The first-order valence-corrected chi connectivity index (χ1v) is 4.76. The van der Waals surface area contributed by atoms with Crippen molar-refractivity contribution in [3.63, 3.8) is 0 Å². The smallest absolute Gasteiger partial charge is 0.231 e. The fourth-order valence-electron chi connectivity index (χ4n) is 1.62. The molecule has 0 amide bonds. The average molecular weight is 214 g/mol. The number of nitrogen functional groups attached to an aromatic ring is 1. The van der Waals surface area contributed by atoms with Gasteiger partial charge >= 0.3 is 0 Å². The summed E-state index contributed by atoms with van der Waals surface area (Å²) in [5.41, 5.74) is 5.80. The Balaban J connectivity index is 2.18. The molecule has 2 rings (SSSR count). The van der Waals surface area contributed by atoms with Crippen molar-refractivity contribution in [2.24, 2.45) is 5.41 Å². The second-order valence-corrected chi connectivity index (χ2v) is 4.62. The average Bonchev–Trinajstić information content (AvgIpc) is 1.97. The Kier molecular flexibility index (Phi) is 1.99. The minimum atomic E-state index is 0.150. The van der Waals surface area contributed by atoms with E-state index in [1.54, 1.807) is 0 Å². The Labute approximate surface area is 87.3 Å². The summed E-state index contributed by atoms with van der Waals surface area (Å²) in [7, 11) is 0. The van der Waals surface area contributed by atoms with Crippen LogP contribution < -0.4 is 10.6 Å². The fraction of sp³-hybridized carbons (Fsp3) is 0.625. The maximum Gasteiger partial charge on any atom is 0.231 e. The van der Waals surface area contributed by atoms with Crippen LogP contribution in [0.25, 0.3) is 0 Å². The van der Waals surface area contributed by atoms with Crippen LogP contribution in [0, 0.1) is 5.41 Å². The van der Waals surface area contributed by atoms with Crippen LogP contribution >= 0.6 is 11.6 Å². The van der Waals surface area contributed by atoms with Gasteiger partial charge in [0.05, 0.1) is 0 Å². The van der Waals surface area contributed by atoms with Crippen molar-refractivity contribution in [3.8, 4) is 0 Å². The van der Waals surface area contributed by atoms with Crippen LogP contribution in [0.15, 0.2) is 0 Å². The number of halogens is 1. The second-order valence-electron chi connectivity index (χ2n) is 4.28. The van der Waals surface area contributed by atoms with Crippen LogP contribution in [0.1, 0.15) is 13.8 Å². The standard InChI is InChI=1S/C8H12ClN5/c1-8(2)3-14(4-8)7-12-5(9)11-6(10)13-7/h3-4H2,1-2H3,(H2,10,11,12,13). The summed E-state index contributed by atoms with van der Waals surface area (Å²) < 4.78 is 0. The molecular weight excluding hydrogens is 202 g/mol. The van der Waals surface area contributed by atoms with Crippen molar-refractivity contribution >= 4 is 23.5 Å². The fourth-order valence-corrected chi connectivity index (χ4v) is 1.79. The first kappa shape index (κ1) is 9.45. The third-order valence-electron chi connectivity index (χ3n) is 2.13. The lowest BCUT2D eigenvalue weighted by atomic mass is 9.85. The van der Waals surface area contributed by atoms with Gasteiger partial charge < -0.3 is 10.6 Å². The highest BCUT2D eigenvalue weighted by atomic mass is 35.5. The lowest BCUT2D eigenvalue weighted by Gasteiger charge is -2.45. The van der Waals surface area contributed by atoms with Crippen LogP contribution in [-0.4, -0.2) is 28.0 Å². The predicted molar refractivity (Wildman–Crippen MR) is 55.2 cm³/mol. The zero-order chi connectivity index (χ0) is 10.3. The highest BCUT2D eigenvalue weighted by Crippen LogP contribution is 2.31. The maximum absolute atomic E-state index is 5.68. The van der Waals surface area contributed by atoms with E-state index < -0.39 is 0 Å². The molecule has 0 spiro atoms. The van der Waals surface area contributed by atoms with Crippen LogP contribution in [-0.2, 0) is 0 Å². The molecule has 14 heavy (non-hydrogen) atoms. The van der Waals surface area contributed by atoms with Gasteiger partial charge in [0.1, 0.15) is 0 Å². The van der Waals surface area contributed by atoms with Gasteiger partial charge in [-0.15, -0.1) is 0 Å². The Morgan fingerprint density at radius 3 is 2.43 bits per heavy atom. The summed E-state index contributed by atoms with van der Waals surface area (Å²) in [6.07, 6.45) is 0. The molecule has 1 aliphatic rings. The molecule has 0 saturated carbocycles. The van der Waals surface area contributed by atoms with Crippen molar-refractivity contribution in [1.82, 2.24) is 15.0 Å². The Morgan fingerprint density at radius 1 is 1.29 bits per heavy atom. The lowest BCUT2D eigenvalue weighted by molar-refractivity contribution is 0.272. The molecule has 2 heterocycles. The minimum absolute atomic E-state index is 0.150. The summed E-state index contributed by atoms with van der Waals surface area (Å²) in [5.74, 6) is 0.742. The monoisotopic (exact) mass is 213 g/mol. The number of aromatic nitrogens is 3. The quantitative estimate of drug-likeness (QED) is 0.753. The van der Waals surface area contributed by atoms with E-state index in [1.165, 1.54) is 0 Å².